The van der Waals surface area contributed by atoms with Crippen LogP contribution in [0.2, 0.25) is 0 Å². The Balaban J connectivity index is 3.05. The van der Waals surface area contributed by atoms with Gasteiger partial charge in [-0.2, -0.15) is 13.2 Å². The quantitative estimate of drug-likeness (QED) is 0.815. The van der Waals surface area contributed by atoms with Crippen LogP contribution in [0.5, 0.6) is 0 Å². The Morgan fingerprint density at radius 2 is 1.81 bits per heavy atom. The van der Waals surface area contributed by atoms with Gasteiger partial charge in [0, 0.05) is 6.54 Å². The molecular formula is C10H9F5N2O3S. The third-order valence-corrected chi connectivity index (χ3v) is 3.21. The Kier molecular flexibility index (Phi) is 4.89. The number of hydrogen-bond acceptors (Lipinski definition) is 3. The smallest absolute Gasteiger partial charge is 0.352 e. The number of alkyl halides is 3. The molecule has 1 amide bonds. The number of carbonyl (C=O) groups excluding carboxylic acids is 1. The lowest BCUT2D eigenvalue weighted by Gasteiger charge is -2.10. The third-order valence-electron chi connectivity index (χ3n) is 2.28. The van der Waals surface area contributed by atoms with Gasteiger partial charge in [0.05, 0.1) is 6.42 Å². The Morgan fingerprint density at radius 3 is 2.29 bits per heavy atom. The van der Waals surface area contributed by atoms with Gasteiger partial charge >= 0.3 is 6.18 Å². The Bertz CT molecular complexity index is 657. The second-order valence-corrected chi connectivity index (χ2v) is 5.43. The summed E-state index contributed by atoms with van der Waals surface area (Å²) in [7, 11) is -4.55. The Hall–Kier alpha value is -1.75. The number of nitrogens with one attached hydrogen (secondary N) is 1. The summed E-state index contributed by atoms with van der Waals surface area (Å²) in [5, 5.41) is 6.30. The standard InChI is InChI=1S/C10H9F5N2O3S/c11-5-1-2-6(21(16,19)20)8(12)7(5)9(18)17-4-3-10(13,14)15/h1-2H,3-4H2,(H,17,18)(H2,16,19,20). The second-order valence-electron chi connectivity index (χ2n) is 3.90. The highest BCUT2D eigenvalue weighted by Gasteiger charge is 2.28. The molecule has 0 aliphatic heterocycles. The number of sulfonamides is 1. The summed E-state index contributed by atoms with van der Waals surface area (Å²) in [5.41, 5.74) is -1.32. The summed E-state index contributed by atoms with van der Waals surface area (Å²) in [6.45, 7) is -0.916. The summed E-state index contributed by atoms with van der Waals surface area (Å²) in [6, 6.07) is 0.980. The molecule has 1 rings (SSSR count). The minimum atomic E-state index is -4.56. The van der Waals surface area contributed by atoms with Gasteiger partial charge in [-0.25, -0.2) is 22.3 Å². The van der Waals surface area contributed by atoms with Crippen LogP contribution in [0.3, 0.4) is 0 Å². The van der Waals surface area contributed by atoms with E-state index in [0.717, 1.165) is 0 Å². The van der Waals surface area contributed by atoms with Crippen LogP contribution in [0.25, 0.3) is 0 Å². The molecule has 1 aromatic rings. The summed E-state index contributed by atoms with van der Waals surface area (Å²) in [5.74, 6) is -4.70. The van der Waals surface area contributed by atoms with Crippen LogP contribution in [-0.4, -0.2) is 27.0 Å². The van der Waals surface area contributed by atoms with Crippen molar-refractivity contribution in [2.75, 3.05) is 6.54 Å². The maximum absolute atomic E-state index is 13.8. The second kappa shape index (κ2) is 5.93. The number of nitrogens with two attached hydrogens (primary N) is 1. The average molecular weight is 332 g/mol. The van der Waals surface area contributed by atoms with Crippen molar-refractivity contribution in [3.05, 3.63) is 29.3 Å². The van der Waals surface area contributed by atoms with Gasteiger partial charge in [-0.1, -0.05) is 0 Å². The first-order chi connectivity index (χ1) is 9.43. The number of rotatable bonds is 4. The number of primary sulfonamides is 1. The first-order valence-corrected chi connectivity index (χ1v) is 6.84. The first-order valence-electron chi connectivity index (χ1n) is 5.29. The van der Waals surface area contributed by atoms with Crippen molar-refractivity contribution in [1.29, 1.82) is 0 Å². The van der Waals surface area contributed by atoms with Crippen LogP contribution in [0.1, 0.15) is 16.8 Å². The van der Waals surface area contributed by atoms with E-state index in [9.17, 15) is 35.2 Å². The van der Waals surface area contributed by atoms with Gasteiger partial charge in [0.1, 0.15) is 16.3 Å². The number of halogens is 5. The molecule has 0 fully saturated rings. The molecule has 0 unspecified atom stereocenters. The normalized spacial score (nSPS) is 12.3. The van der Waals surface area contributed by atoms with Gasteiger partial charge in [-0.05, 0) is 12.1 Å². The predicted octanol–water partition coefficient (Wildman–Crippen LogP) is 1.29. The molecule has 0 spiro atoms. The summed E-state index contributed by atoms with van der Waals surface area (Å²) < 4.78 is 84.8. The van der Waals surface area contributed by atoms with Crippen LogP contribution >= 0.6 is 0 Å². The monoisotopic (exact) mass is 332 g/mol. The Labute approximate surface area is 116 Å². The van der Waals surface area contributed by atoms with E-state index in [0.29, 0.717) is 12.1 Å². The lowest BCUT2D eigenvalue weighted by Crippen LogP contribution is -2.30. The highest BCUT2D eigenvalue weighted by atomic mass is 32.2. The van der Waals surface area contributed by atoms with Gasteiger partial charge in [0.25, 0.3) is 5.91 Å². The maximum Gasteiger partial charge on any atom is 0.390 e. The molecule has 0 saturated heterocycles. The molecule has 0 aromatic heterocycles. The minimum Gasteiger partial charge on any atom is -0.352 e. The van der Waals surface area contributed by atoms with E-state index >= 15 is 0 Å². The highest BCUT2D eigenvalue weighted by molar-refractivity contribution is 7.89. The lowest BCUT2D eigenvalue weighted by molar-refractivity contribution is -0.132. The van der Waals surface area contributed by atoms with Crippen molar-refractivity contribution in [3.63, 3.8) is 0 Å². The fraction of sp³-hybridized carbons (Fsp3) is 0.300. The number of amides is 1. The average Bonchev–Trinajstić information content (AvgIpc) is 2.25. The van der Waals surface area contributed by atoms with Crippen molar-refractivity contribution < 1.29 is 35.2 Å². The zero-order chi connectivity index (χ0) is 16.4. The molecule has 3 N–H and O–H groups in total. The van der Waals surface area contributed by atoms with Gasteiger partial charge in [-0.15, -0.1) is 0 Å². The number of hydrogen-bond donors (Lipinski definition) is 2. The van der Waals surface area contributed by atoms with Crippen molar-refractivity contribution in [1.82, 2.24) is 5.32 Å². The molecule has 11 heteroatoms. The summed E-state index contributed by atoms with van der Waals surface area (Å²) >= 11 is 0. The van der Waals surface area contributed by atoms with Gasteiger partial charge in [0.15, 0.2) is 5.82 Å². The minimum absolute atomic E-state index is 0.474. The largest absolute Gasteiger partial charge is 0.390 e. The van der Waals surface area contributed by atoms with Crippen LogP contribution in [0, 0.1) is 11.6 Å². The molecule has 118 valence electrons. The van der Waals surface area contributed by atoms with E-state index in [2.05, 4.69) is 5.14 Å². The van der Waals surface area contributed by atoms with Gasteiger partial charge in [0.2, 0.25) is 10.0 Å². The van der Waals surface area contributed by atoms with E-state index in [1.54, 1.807) is 5.32 Å². The van der Waals surface area contributed by atoms with E-state index in [1.807, 2.05) is 0 Å². The van der Waals surface area contributed by atoms with Crippen molar-refractivity contribution in [2.45, 2.75) is 17.5 Å². The number of carbonyl (C=O) groups is 1. The molecule has 0 saturated carbocycles. The van der Waals surface area contributed by atoms with Gasteiger partial charge in [-0.3, -0.25) is 4.79 Å². The van der Waals surface area contributed by atoms with E-state index in [4.69, 9.17) is 0 Å². The number of benzene rings is 1. The topological polar surface area (TPSA) is 89.3 Å². The molecule has 0 aliphatic rings. The zero-order valence-electron chi connectivity index (χ0n) is 10.2. The van der Waals surface area contributed by atoms with Crippen LogP contribution in [-0.2, 0) is 10.0 Å². The van der Waals surface area contributed by atoms with E-state index in [1.165, 1.54) is 0 Å². The van der Waals surface area contributed by atoms with Gasteiger partial charge < -0.3 is 5.32 Å². The predicted molar refractivity (Wildman–Crippen MR) is 60.7 cm³/mol. The molecule has 0 aliphatic carbocycles. The lowest BCUT2D eigenvalue weighted by atomic mass is 10.2. The van der Waals surface area contributed by atoms with Crippen LogP contribution in [0.4, 0.5) is 22.0 Å². The maximum atomic E-state index is 13.8. The molecule has 0 bridgehead atoms. The fourth-order valence-electron chi connectivity index (χ4n) is 1.37. The highest BCUT2D eigenvalue weighted by Crippen LogP contribution is 2.21. The summed E-state index contributed by atoms with van der Waals surface area (Å²) in [4.78, 5) is 10.3. The molecule has 0 radical (unpaired) electrons. The fourth-order valence-corrected chi connectivity index (χ4v) is 1.98. The Morgan fingerprint density at radius 1 is 1.24 bits per heavy atom. The van der Waals surface area contributed by atoms with E-state index in [-0.39, 0.29) is 0 Å². The third kappa shape index (κ3) is 4.63. The van der Waals surface area contributed by atoms with Crippen molar-refractivity contribution in [3.8, 4) is 0 Å². The van der Waals surface area contributed by atoms with Crippen molar-refractivity contribution in [2.24, 2.45) is 5.14 Å². The molecule has 0 heterocycles. The van der Waals surface area contributed by atoms with E-state index < -0.39 is 57.2 Å². The molecule has 21 heavy (non-hydrogen) atoms. The van der Waals surface area contributed by atoms with Crippen LogP contribution in [0.15, 0.2) is 17.0 Å². The SMILES string of the molecule is NS(=O)(=O)c1ccc(F)c(C(=O)NCCC(F)(F)F)c1F. The zero-order valence-corrected chi connectivity index (χ0v) is 11.0. The molecular weight excluding hydrogens is 323 g/mol. The molecule has 5 nitrogen and oxygen atoms in total. The molecule has 0 atom stereocenters. The molecule has 1 aromatic carbocycles. The summed E-state index contributed by atoms with van der Waals surface area (Å²) in [6.07, 6.45) is -5.97. The first kappa shape index (κ1) is 17.3. The van der Waals surface area contributed by atoms with Crippen LogP contribution < -0.4 is 10.5 Å². The van der Waals surface area contributed by atoms with Crippen molar-refractivity contribution >= 4 is 15.9 Å².